The highest BCUT2D eigenvalue weighted by atomic mass is 79.9. The molecule has 0 saturated carbocycles. The van der Waals surface area contributed by atoms with E-state index in [4.69, 9.17) is 0 Å². The normalized spacial score (nSPS) is 11.7. The van der Waals surface area contributed by atoms with E-state index in [9.17, 15) is 14.4 Å². The van der Waals surface area contributed by atoms with Gasteiger partial charge in [-0.3, -0.25) is 4.79 Å². The van der Waals surface area contributed by atoms with E-state index in [2.05, 4.69) is 15.9 Å². The molecule has 2 rings (SSSR count). The number of Topliss-reactive ketones (excluding diaryl/α,β-unsaturated/α-hetero) is 1. The van der Waals surface area contributed by atoms with Gasteiger partial charge in [0.25, 0.3) is 0 Å². The molecule has 0 aromatic heterocycles. The van der Waals surface area contributed by atoms with E-state index in [0.29, 0.717) is 10.0 Å². The van der Waals surface area contributed by atoms with Crippen molar-refractivity contribution in [2.75, 3.05) is 0 Å². The van der Waals surface area contributed by atoms with Gasteiger partial charge >= 0.3 is 0 Å². The summed E-state index contributed by atoms with van der Waals surface area (Å²) in [4.78, 5) is 12.4. The molecule has 1 atom stereocenters. The molecule has 2 aromatic rings. The van der Waals surface area contributed by atoms with E-state index in [1.807, 2.05) is 6.07 Å². The number of benzene rings is 2. The minimum absolute atomic E-state index is 0.0488. The summed E-state index contributed by atoms with van der Waals surface area (Å²) in [6.07, 6.45) is 0. The molecule has 2 aromatic carbocycles. The largest absolute Gasteiger partial charge is 0.292 e. The standard InChI is InChI=1S/C16H11BrFNO/c1-10-6-7-15(18)12(8-10)16(20)13(9-19)11-4-2-3-5-14(11)17/h2-8,13H,1H3. The van der Waals surface area contributed by atoms with E-state index in [0.717, 1.165) is 5.56 Å². The van der Waals surface area contributed by atoms with Gasteiger partial charge in [-0.05, 0) is 30.7 Å². The molecule has 0 saturated heterocycles. The molecule has 20 heavy (non-hydrogen) atoms. The van der Waals surface area contributed by atoms with Gasteiger partial charge in [0.05, 0.1) is 11.6 Å². The summed E-state index contributed by atoms with van der Waals surface area (Å²) in [7, 11) is 0. The van der Waals surface area contributed by atoms with Gasteiger partial charge in [-0.1, -0.05) is 45.8 Å². The number of ketones is 1. The Morgan fingerprint density at radius 1 is 1.30 bits per heavy atom. The van der Waals surface area contributed by atoms with Gasteiger partial charge in [0.1, 0.15) is 11.7 Å². The first-order valence-corrected chi connectivity index (χ1v) is 6.78. The maximum atomic E-state index is 13.8. The quantitative estimate of drug-likeness (QED) is 0.783. The summed E-state index contributed by atoms with van der Waals surface area (Å²) >= 11 is 3.31. The lowest BCUT2D eigenvalue weighted by atomic mass is 9.91. The van der Waals surface area contributed by atoms with Crippen molar-refractivity contribution in [3.8, 4) is 6.07 Å². The lowest BCUT2D eigenvalue weighted by Gasteiger charge is -2.11. The van der Waals surface area contributed by atoms with Crippen LogP contribution < -0.4 is 0 Å². The fourth-order valence-corrected chi connectivity index (χ4v) is 2.48. The number of carbonyl (C=O) groups is 1. The SMILES string of the molecule is Cc1ccc(F)c(C(=O)C(C#N)c2ccccc2Br)c1. The third-order valence-corrected chi connectivity index (χ3v) is 3.72. The van der Waals surface area contributed by atoms with Crippen LogP contribution in [0.1, 0.15) is 27.4 Å². The molecule has 0 aliphatic heterocycles. The monoisotopic (exact) mass is 331 g/mol. The number of aryl methyl sites for hydroxylation is 1. The van der Waals surface area contributed by atoms with Crippen molar-refractivity contribution in [2.24, 2.45) is 0 Å². The number of carbonyl (C=O) groups excluding carboxylic acids is 1. The van der Waals surface area contributed by atoms with Gasteiger partial charge < -0.3 is 0 Å². The summed E-state index contributed by atoms with van der Waals surface area (Å²) in [5, 5.41) is 9.28. The van der Waals surface area contributed by atoms with Crippen LogP contribution in [0.5, 0.6) is 0 Å². The smallest absolute Gasteiger partial charge is 0.187 e. The molecule has 100 valence electrons. The second-order valence-corrected chi connectivity index (χ2v) is 5.29. The first-order valence-electron chi connectivity index (χ1n) is 5.99. The Morgan fingerprint density at radius 2 is 2.00 bits per heavy atom. The topological polar surface area (TPSA) is 40.9 Å². The summed E-state index contributed by atoms with van der Waals surface area (Å²) in [6, 6.07) is 13.2. The Hall–Kier alpha value is -1.99. The zero-order valence-electron chi connectivity index (χ0n) is 10.7. The van der Waals surface area contributed by atoms with Gasteiger partial charge in [-0.25, -0.2) is 4.39 Å². The molecule has 0 N–H and O–H groups in total. The van der Waals surface area contributed by atoms with Crippen molar-refractivity contribution in [1.29, 1.82) is 5.26 Å². The van der Waals surface area contributed by atoms with Crippen LogP contribution in [0, 0.1) is 24.1 Å². The highest BCUT2D eigenvalue weighted by molar-refractivity contribution is 9.10. The van der Waals surface area contributed by atoms with E-state index in [1.165, 1.54) is 12.1 Å². The van der Waals surface area contributed by atoms with Crippen molar-refractivity contribution >= 4 is 21.7 Å². The predicted molar refractivity (Wildman–Crippen MR) is 78.0 cm³/mol. The maximum Gasteiger partial charge on any atom is 0.187 e. The first kappa shape index (κ1) is 14.4. The van der Waals surface area contributed by atoms with Crippen LogP contribution in [0.25, 0.3) is 0 Å². The minimum atomic E-state index is -1.03. The highest BCUT2D eigenvalue weighted by Gasteiger charge is 2.25. The summed E-state index contributed by atoms with van der Waals surface area (Å²) in [6.45, 7) is 1.77. The molecule has 0 fully saturated rings. The molecule has 0 bridgehead atoms. The van der Waals surface area contributed by atoms with E-state index in [-0.39, 0.29) is 5.56 Å². The summed E-state index contributed by atoms with van der Waals surface area (Å²) < 4.78 is 14.5. The molecular formula is C16H11BrFNO. The Labute approximate surface area is 125 Å². The fraction of sp³-hybridized carbons (Fsp3) is 0.125. The molecule has 0 amide bonds. The van der Waals surface area contributed by atoms with Crippen molar-refractivity contribution in [3.05, 3.63) is 69.4 Å². The molecule has 0 spiro atoms. The molecular weight excluding hydrogens is 321 g/mol. The van der Waals surface area contributed by atoms with E-state index in [1.54, 1.807) is 37.3 Å². The molecule has 2 nitrogen and oxygen atoms in total. The minimum Gasteiger partial charge on any atom is -0.292 e. The van der Waals surface area contributed by atoms with Gasteiger partial charge in [0.15, 0.2) is 5.78 Å². The number of halogens is 2. The Balaban J connectivity index is 2.48. The highest BCUT2D eigenvalue weighted by Crippen LogP contribution is 2.28. The van der Waals surface area contributed by atoms with Gasteiger partial charge in [0.2, 0.25) is 0 Å². The summed E-state index contributed by atoms with van der Waals surface area (Å²) in [5.41, 5.74) is 1.27. The van der Waals surface area contributed by atoms with Crippen LogP contribution in [0.4, 0.5) is 4.39 Å². The van der Waals surface area contributed by atoms with Crippen LogP contribution in [-0.4, -0.2) is 5.78 Å². The molecule has 0 heterocycles. The third-order valence-electron chi connectivity index (χ3n) is 2.99. The van der Waals surface area contributed by atoms with Gasteiger partial charge in [0, 0.05) is 4.47 Å². The van der Waals surface area contributed by atoms with E-state index >= 15 is 0 Å². The van der Waals surface area contributed by atoms with E-state index < -0.39 is 17.5 Å². The third kappa shape index (κ3) is 2.78. The second-order valence-electron chi connectivity index (χ2n) is 4.43. The average molecular weight is 332 g/mol. The molecule has 0 aliphatic carbocycles. The van der Waals surface area contributed by atoms with Gasteiger partial charge in [-0.15, -0.1) is 0 Å². The maximum absolute atomic E-state index is 13.8. The average Bonchev–Trinajstić information content (AvgIpc) is 2.44. The lowest BCUT2D eigenvalue weighted by Crippen LogP contribution is -2.13. The molecule has 0 aliphatic rings. The van der Waals surface area contributed by atoms with Crippen molar-refractivity contribution in [1.82, 2.24) is 0 Å². The zero-order valence-corrected chi connectivity index (χ0v) is 12.3. The number of nitriles is 1. The van der Waals surface area contributed by atoms with Crippen LogP contribution in [0.2, 0.25) is 0 Å². The number of hydrogen-bond acceptors (Lipinski definition) is 2. The van der Waals surface area contributed by atoms with Crippen molar-refractivity contribution < 1.29 is 9.18 Å². The van der Waals surface area contributed by atoms with Crippen LogP contribution in [-0.2, 0) is 0 Å². The summed E-state index contributed by atoms with van der Waals surface area (Å²) in [5.74, 6) is -2.16. The van der Waals surface area contributed by atoms with Crippen molar-refractivity contribution in [2.45, 2.75) is 12.8 Å². The number of rotatable bonds is 3. The van der Waals surface area contributed by atoms with Crippen LogP contribution in [0.15, 0.2) is 46.9 Å². The number of nitrogens with zero attached hydrogens (tertiary/aromatic N) is 1. The number of hydrogen-bond donors (Lipinski definition) is 0. The Bertz CT molecular complexity index is 706. The molecule has 1 unspecified atom stereocenters. The van der Waals surface area contributed by atoms with Crippen molar-refractivity contribution in [3.63, 3.8) is 0 Å². The predicted octanol–water partition coefficient (Wildman–Crippen LogP) is 4.39. The lowest BCUT2D eigenvalue weighted by molar-refractivity contribution is 0.0974. The Morgan fingerprint density at radius 3 is 2.65 bits per heavy atom. The zero-order chi connectivity index (χ0) is 14.7. The van der Waals surface area contributed by atoms with Gasteiger partial charge in [-0.2, -0.15) is 5.26 Å². The molecule has 0 radical (unpaired) electrons. The molecule has 4 heteroatoms. The van der Waals surface area contributed by atoms with Crippen LogP contribution >= 0.6 is 15.9 Å². The first-order chi connectivity index (χ1) is 9.54. The second kappa shape index (κ2) is 5.98. The fourth-order valence-electron chi connectivity index (χ4n) is 1.96. The Kier molecular flexibility index (Phi) is 4.31. The van der Waals surface area contributed by atoms with Crippen LogP contribution in [0.3, 0.4) is 0 Å².